The first-order valence-electron chi connectivity index (χ1n) is 7.87. The second-order valence-electron chi connectivity index (χ2n) is 6.29. The van der Waals surface area contributed by atoms with Crippen molar-refractivity contribution in [3.05, 3.63) is 43.0 Å². The number of nitro groups is 1. The number of H-pyrrole nitrogens is 1. The molecule has 0 atom stereocenters. The van der Waals surface area contributed by atoms with Crippen molar-refractivity contribution >= 4 is 26.6 Å². The summed E-state index contributed by atoms with van der Waals surface area (Å²) in [7, 11) is -3.88. The molecule has 0 spiro atoms. The molecule has 3 rings (SSSR count). The Kier molecular flexibility index (Phi) is 4.23. The zero-order valence-electron chi connectivity index (χ0n) is 13.5. The third-order valence-electron chi connectivity index (χ3n) is 4.53. The van der Waals surface area contributed by atoms with Crippen LogP contribution in [0.1, 0.15) is 38.1 Å². The molecule has 0 bridgehead atoms. The summed E-state index contributed by atoms with van der Waals surface area (Å²) in [6.07, 6.45) is 5.07. The molecule has 25 heavy (non-hydrogen) atoms. The van der Waals surface area contributed by atoms with Gasteiger partial charge in [0.05, 0.1) is 16.0 Å². The maximum absolute atomic E-state index is 12.4. The van der Waals surface area contributed by atoms with Crippen LogP contribution in [-0.4, -0.2) is 29.1 Å². The minimum Gasteiger partial charge on any atom is -0.316 e. The van der Waals surface area contributed by atoms with Gasteiger partial charge in [-0.1, -0.05) is 19.3 Å². The van der Waals surface area contributed by atoms with Crippen LogP contribution < -0.4 is 11.1 Å². The van der Waals surface area contributed by atoms with Gasteiger partial charge in [0.25, 0.3) is 5.69 Å². The lowest BCUT2D eigenvalue weighted by Crippen LogP contribution is -2.39. The van der Waals surface area contributed by atoms with Crippen LogP contribution in [0.5, 0.6) is 0 Å². The fourth-order valence-electron chi connectivity index (χ4n) is 3.39. The highest BCUT2D eigenvalue weighted by Gasteiger charge is 2.27. The molecule has 0 aliphatic heterocycles. The fraction of sp³-hybridized carbons (Fsp3) is 0.467. The predicted octanol–water partition coefficient (Wildman–Crippen LogP) is 1.51. The van der Waals surface area contributed by atoms with Gasteiger partial charge in [0.15, 0.2) is 9.84 Å². The Hall–Kier alpha value is -2.49. The number of sulfone groups is 1. The number of hydrogen-bond acceptors (Lipinski definition) is 6. The van der Waals surface area contributed by atoms with Gasteiger partial charge in [-0.15, -0.1) is 0 Å². The average molecular weight is 367 g/mol. The molecular formula is C15H17N3O6S. The summed E-state index contributed by atoms with van der Waals surface area (Å²) in [4.78, 5) is 36.8. The Bertz CT molecular complexity index is 1080. The molecule has 1 heterocycles. The first kappa shape index (κ1) is 17.3. The predicted molar refractivity (Wildman–Crippen MR) is 90.7 cm³/mol. The zero-order chi connectivity index (χ0) is 18.4. The van der Waals surface area contributed by atoms with Gasteiger partial charge in [-0.3, -0.25) is 24.3 Å². The van der Waals surface area contributed by atoms with Gasteiger partial charge in [0.1, 0.15) is 4.90 Å². The van der Waals surface area contributed by atoms with E-state index in [1.165, 1.54) is 4.57 Å². The number of nitrogens with zero attached hydrogens (tertiary/aromatic N) is 2. The smallest absolute Gasteiger partial charge is 0.316 e. The number of aromatic nitrogens is 2. The molecule has 10 heteroatoms. The van der Waals surface area contributed by atoms with Crippen molar-refractivity contribution in [2.45, 2.75) is 43.0 Å². The molecule has 1 N–H and O–H groups in total. The molecule has 1 aromatic carbocycles. The van der Waals surface area contributed by atoms with Gasteiger partial charge in [-0.2, -0.15) is 0 Å². The second kappa shape index (κ2) is 6.10. The van der Waals surface area contributed by atoms with E-state index in [9.17, 15) is 28.1 Å². The van der Waals surface area contributed by atoms with Gasteiger partial charge in [-0.05, 0) is 18.9 Å². The van der Waals surface area contributed by atoms with Crippen LogP contribution in [0.4, 0.5) is 5.69 Å². The molecule has 1 aliphatic rings. The lowest BCUT2D eigenvalue weighted by molar-refractivity contribution is -0.387. The van der Waals surface area contributed by atoms with Gasteiger partial charge >= 0.3 is 11.1 Å². The summed E-state index contributed by atoms with van der Waals surface area (Å²) >= 11 is 0. The number of hydrogen-bond donors (Lipinski definition) is 1. The molecule has 1 fully saturated rings. The molecule has 0 unspecified atom stereocenters. The molecule has 9 nitrogen and oxygen atoms in total. The van der Waals surface area contributed by atoms with E-state index in [4.69, 9.17) is 0 Å². The molecule has 0 amide bonds. The maximum atomic E-state index is 12.4. The number of fused-ring (bicyclic) bond motifs is 1. The third kappa shape index (κ3) is 3.09. The van der Waals surface area contributed by atoms with Crippen molar-refractivity contribution in [2.75, 3.05) is 6.26 Å². The van der Waals surface area contributed by atoms with Gasteiger partial charge in [0, 0.05) is 18.4 Å². The van der Waals surface area contributed by atoms with E-state index in [0.717, 1.165) is 37.7 Å². The fourth-order valence-corrected chi connectivity index (χ4v) is 4.24. The van der Waals surface area contributed by atoms with Crippen molar-refractivity contribution < 1.29 is 13.3 Å². The third-order valence-corrected chi connectivity index (χ3v) is 5.66. The molecule has 1 aromatic heterocycles. The SMILES string of the molecule is CS(=O)(=O)c1cc2[nH]c(=O)c(=O)n(C3CCCCC3)c2cc1[N+](=O)[O-]. The van der Waals surface area contributed by atoms with E-state index < -0.39 is 36.5 Å². The number of aromatic amines is 1. The number of rotatable bonds is 3. The van der Waals surface area contributed by atoms with Crippen molar-refractivity contribution in [1.29, 1.82) is 0 Å². The first-order valence-corrected chi connectivity index (χ1v) is 9.76. The van der Waals surface area contributed by atoms with E-state index in [1.54, 1.807) is 0 Å². The van der Waals surface area contributed by atoms with Crippen molar-refractivity contribution in [3.8, 4) is 0 Å². The monoisotopic (exact) mass is 367 g/mol. The first-order chi connectivity index (χ1) is 11.7. The normalized spacial score (nSPS) is 16.2. The topological polar surface area (TPSA) is 132 Å². The molecule has 1 saturated carbocycles. The number of nitrogens with one attached hydrogen (secondary N) is 1. The number of benzene rings is 1. The molecule has 0 saturated heterocycles. The molecule has 0 radical (unpaired) electrons. The van der Waals surface area contributed by atoms with Gasteiger partial charge in [0.2, 0.25) is 0 Å². The molecular weight excluding hydrogens is 350 g/mol. The molecule has 2 aromatic rings. The van der Waals surface area contributed by atoms with Gasteiger partial charge < -0.3 is 4.98 Å². The van der Waals surface area contributed by atoms with E-state index in [-0.39, 0.29) is 17.1 Å². The lowest BCUT2D eigenvalue weighted by Gasteiger charge is -2.25. The summed E-state index contributed by atoms with van der Waals surface area (Å²) < 4.78 is 25.0. The largest absolute Gasteiger partial charge is 0.316 e. The van der Waals surface area contributed by atoms with E-state index in [1.807, 2.05) is 0 Å². The Labute approximate surface area is 142 Å². The van der Waals surface area contributed by atoms with Crippen LogP contribution in [0.25, 0.3) is 11.0 Å². The summed E-state index contributed by atoms with van der Waals surface area (Å²) in [6, 6.07) is 1.90. The van der Waals surface area contributed by atoms with Crippen LogP contribution in [0.15, 0.2) is 26.6 Å². The Morgan fingerprint density at radius 1 is 1.20 bits per heavy atom. The molecule has 1 aliphatic carbocycles. The minimum atomic E-state index is -3.88. The lowest BCUT2D eigenvalue weighted by atomic mass is 9.95. The Morgan fingerprint density at radius 3 is 2.40 bits per heavy atom. The van der Waals surface area contributed by atoms with E-state index in [0.29, 0.717) is 12.8 Å². The summed E-state index contributed by atoms with van der Waals surface area (Å²) in [5.74, 6) is 0. The highest BCUT2D eigenvalue weighted by atomic mass is 32.2. The van der Waals surface area contributed by atoms with Crippen molar-refractivity contribution in [1.82, 2.24) is 9.55 Å². The van der Waals surface area contributed by atoms with Crippen LogP contribution in [-0.2, 0) is 9.84 Å². The van der Waals surface area contributed by atoms with Crippen LogP contribution in [0.3, 0.4) is 0 Å². The van der Waals surface area contributed by atoms with Crippen LogP contribution in [0.2, 0.25) is 0 Å². The summed E-state index contributed by atoms with van der Waals surface area (Å²) in [6.45, 7) is 0. The Morgan fingerprint density at radius 2 is 1.84 bits per heavy atom. The quantitative estimate of drug-likeness (QED) is 0.497. The second-order valence-corrected chi connectivity index (χ2v) is 8.27. The van der Waals surface area contributed by atoms with Crippen LogP contribution in [0, 0.1) is 10.1 Å². The Balaban J connectivity index is 2.41. The van der Waals surface area contributed by atoms with E-state index in [2.05, 4.69) is 4.98 Å². The zero-order valence-corrected chi connectivity index (χ0v) is 14.3. The van der Waals surface area contributed by atoms with Gasteiger partial charge in [-0.25, -0.2) is 8.42 Å². The van der Waals surface area contributed by atoms with Crippen LogP contribution >= 0.6 is 0 Å². The van der Waals surface area contributed by atoms with Crippen molar-refractivity contribution in [2.24, 2.45) is 0 Å². The summed E-state index contributed by atoms with van der Waals surface area (Å²) in [5, 5.41) is 11.3. The van der Waals surface area contributed by atoms with Crippen molar-refractivity contribution in [3.63, 3.8) is 0 Å². The maximum Gasteiger partial charge on any atom is 0.316 e. The number of nitro benzene ring substituents is 1. The summed E-state index contributed by atoms with van der Waals surface area (Å²) in [5.41, 5.74) is -1.98. The highest BCUT2D eigenvalue weighted by molar-refractivity contribution is 7.90. The standard InChI is InChI=1S/C15H17N3O6S/c1-25(23,24)13-7-10-11(8-12(13)18(21)22)17(15(20)14(19)16-10)9-5-3-2-4-6-9/h7-9H,2-6H2,1H3,(H,16,19). The average Bonchev–Trinajstić information content (AvgIpc) is 2.55. The minimum absolute atomic E-state index is 0.0983. The molecule has 134 valence electrons. The van der Waals surface area contributed by atoms with E-state index >= 15 is 0 Å². The highest BCUT2D eigenvalue weighted by Crippen LogP contribution is 2.32.